The van der Waals surface area contributed by atoms with E-state index in [0.717, 1.165) is 29.3 Å². The van der Waals surface area contributed by atoms with Crippen molar-refractivity contribution < 1.29 is 9.59 Å². The number of hydrogen-bond donors (Lipinski definition) is 2. The SMILES string of the molecule is O=C(CNC(=O)Cc1cccc2ccccc12)NCCCn1cccn1. The Hall–Kier alpha value is -3.15. The highest BCUT2D eigenvalue weighted by molar-refractivity contribution is 5.91. The third-order valence-corrected chi connectivity index (χ3v) is 4.12. The van der Waals surface area contributed by atoms with Crippen LogP contribution >= 0.6 is 0 Å². The molecule has 2 aromatic carbocycles. The molecule has 0 spiro atoms. The lowest BCUT2D eigenvalue weighted by Gasteiger charge is -2.09. The van der Waals surface area contributed by atoms with E-state index >= 15 is 0 Å². The Morgan fingerprint density at radius 3 is 2.65 bits per heavy atom. The van der Waals surface area contributed by atoms with Gasteiger partial charge < -0.3 is 10.6 Å². The van der Waals surface area contributed by atoms with Crippen molar-refractivity contribution in [1.29, 1.82) is 0 Å². The monoisotopic (exact) mass is 350 g/mol. The number of aryl methyl sites for hydroxylation is 1. The summed E-state index contributed by atoms with van der Waals surface area (Å²) in [5, 5.41) is 11.7. The Bertz CT molecular complexity index is 869. The minimum absolute atomic E-state index is 0.00856. The van der Waals surface area contributed by atoms with Gasteiger partial charge in [-0.15, -0.1) is 0 Å². The lowest BCUT2D eigenvalue weighted by molar-refractivity contribution is -0.125. The van der Waals surface area contributed by atoms with Crippen LogP contribution in [0.2, 0.25) is 0 Å². The number of aromatic nitrogens is 2. The van der Waals surface area contributed by atoms with Gasteiger partial charge in [0.2, 0.25) is 11.8 Å². The third-order valence-electron chi connectivity index (χ3n) is 4.12. The second-order valence-corrected chi connectivity index (χ2v) is 6.06. The average molecular weight is 350 g/mol. The molecule has 1 aromatic heterocycles. The Morgan fingerprint density at radius 2 is 1.81 bits per heavy atom. The molecule has 0 unspecified atom stereocenters. The zero-order chi connectivity index (χ0) is 18.2. The van der Waals surface area contributed by atoms with Gasteiger partial charge >= 0.3 is 0 Å². The fraction of sp³-hybridized carbons (Fsp3) is 0.250. The summed E-state index contributed by atoms with van der Waals surface area (Å²) in [6.07, 6.45) is 4.66. The van der Waals surface area contributed by atoms with Crippen molar-refractivity contribution in [3.8, 4) is 0 Å². The molecule has 0 radical (unpaired) electrons. The van der Waals surface area contributed by atoms with Gasteiger partial charge in [-0.25, -0.2) is 0 Å². The molecular formula is C20H22N4O2. The number of carbonyl (C=O) groups is 2. The number of benzene rings is 2. The van der Waals surface area contributed by atoms with Crippen LogP contribution in [-0.2, 0) is 22.6 Å². The molecule has 0 atom stereocenters. The number of nitrogens with zero attached hydrogens (tertiary/aromatic N) is 2. The van der Waals surface area contributed by atoms with Crippen LogP contribution in [0.5, 0.6) is 0 Å². The zero-order valence-corrected chi connectivity index (χ0v) is 14.5. The fourth-order valence-corrected chi connectivity index (χ4v) is 2.83. The topological polar surface area (TPSA) is 76.0 Å². The quantitative estimate of drug-likeness (QED) is 0.609. The molecule has 6 heteroatoms. The summed E-state index contributed by atoms with van der Waals surface area (Å²) in [5.41, 5.74) is 0.959. The van der Waals surface area contributed by atoms with Crippen LogP contribution in [0, 0.1) is 0 Å². The van der Waals surface area contributed by atoms with Gasteiger partial charge in [-0.1, -0.05) is 42.5 Å². The first-order valence-electron chi connectivity index (χ1n) is 8.70. The molecule has 3 rings (SSSR count). The Balaban J connectivity index is 1.40. The highest BCUT2D eigenvalue weighted by Crippen LogP contribution is 2.18. The normalized spacial score (nSPS) is 10.6. The van der Waals surface area contributed by atoms with Gasteiger partial charge in [0.05, 0.1) is 13.0 Å². The summed E-state index contributed by atoms with van der Waals surface area (Å²) >= 11 is 0. The minimum Gasteiger partial charge on any atom is -0.355 e. The van der Waals surface area contributed by atoms with Crippen molar-refractivity contribution in [3.63, 3.8) is 0 Å². The Kier molecular flexibility index (Phi) is 5.98. The second kappa shape index (κ2) is 8.80. The molecule has 3 aromatic rings. The molecule has 26 heavy (non-hydrogen) atoms. The van der Waals surface area contributed by atoms with Crippen molar-refractivity contribution in [2.24, 2.45) is 0 Å². The summed E-state index contributed by atoms with van der Waals surface area (Å²) in [6, 6.07) is 15.7. The minimum atomic E-state index is -0.184. The van der Waals surface area contributed by atoms with Gasteiger partial charge in [-0.2, -0.15) is 5.10 Å². The standard InChI is InChI=1S/C20H22N4O2/c25-19(14-17-8-3-7-16-6-1-2-9-18(16)17)22-15-20(26)21-10-4-12-24-13-5-11-23-24/h1-3,5-9,11,13H,4,10,12,14-15H2,(H,21,26)(H,22,25). The molecule has 2 N–H and O–H groups in total. The first-order valence-corrected chi connectivity index (χ1v) is 8.70. The first-order chi connectivity index (χ1) is 12.7. The van der Waals surface area contributed by atoms with E-state index in [4.69, 9.17) is 0 Å². The largest absolute Gasteiger partial charge is 0.355 e. The molecule has 1 heterocycles. The Labute approximate surface area is 152 Å². The molecule has 0 fully saturated rings. The smallest absolute Gasteiger partial charge is 0.239 e. The maximum atomic E-state index is 12.1. The van der Waals surface area contributed by atoms with E-state index < -0.39 is 0 Å². The van der Waals surface area contributed by atoms with E-state index in [1.165, 1.54) is 0 Å². The molecule has 0 aliphatic rings. The lowest BCUT2D eigenvalue weighted by atomic mass is 10.0. The van der Waals surface area contributed by atoms with Crippen LogP contribution in [0.15, 0.2) is 60.9 Å². The lowest BCUT2D eigenvalue weighted by Crippen LogP contribution is -2.38. The maximum absolute atomic E-state index is 12.1. The van der Waals surface area contributed by atoms with E-state index in [2.05, 4.69) is 15.7 Å². The molecule has 0 aliphatic carbocycles. The summed E-state index contributed by atoms with van der Waals surface area (Å²) in [7, 11) is 0. The number of fused-ring (bicyclic) bond motifs is 1. The van der Waals surface area contributed by atoms with E-state index in [1.807, 2.05) is 59.4 Å². The highest BCUT2D eigenvalue weighted by atomic mass is 16.2. The van der Waals surface area contributed by atoms with E-state index in [9.17, 15) is 9.59 Å². The predicted molar refractivity (Wildman–Crippen MR) is 101 cm³/mol. The van der Waals surface area contributed by atoms with Crippen LogP contribution in [0.3, 0.4) is 0 Å². The summed E-state index contributed by atoms with van der Waals surface area (Å²) in [5.74, 6) is -0.343. The van der Waals surface area contributed by atoms with Gasteiger partial charge in [-0.3, -0.25) is 14.3 Å². The van der Waals surface area contributed by atoms with Crippen molar-refractivity contribution in [2.75, 3.05) is 13.1 Å². The maximum Gasteiger partial charge on any atom is 0.239 e. The van der Waals surface area contributed by atoms with E-state index in [-0.39, 0.29) is 24.8 Å². The van der Waals surface area contributed by atoms with Crippen LogP contribution < -0.4 is 10.6 Å². The number of carbonyl (C=O) groups excluding carboxylic acids is 2. The van der Waals surface area contributed by atoms with Crippen LogP contribution in [0.1, 0.15) is 12.0 Å². The number of amides is 2. The van der Waals surface area contributed by atoms with E-state index in [1.54, 1.807) is 6.20 Å². The molecule has 0 saturated carbocycles. The second-order valence-electron chi connectivity index (χ2n) is 6.06. The molecule has 0 aliphatic heterocycles. The molecule has 0 saturated heterocycles. The Morgan fingerprint density at radius 1 is 0.962 bits per heavy atom. The van der Waals surface area contributed by atoms with Crippen molar-refractivity contribution in [2.45, 2.75) is 19.4 Å². The van der Waals surface area contributed by atoms with Gasteiger partial charge in [0.1, 0.15) is 0 Å². The van der Waals surface area contributed by atoms with E-state index in [0.29, 0.717) is 6.54 Å². The van der Waals surface area contributed by atoms with Crippen LogP contribution in [-0.4, -0.2) is 34.7 Å². The average Bonchev–Trinajstić information content (AvgIpc) is 3.17. The molecule has 0 bridgehead atoms. The molecular weight excluding hydrogens is 328 g/mol. The van der Waals surface area contributed by atoms with Gasteiger partial charge in [0.15, 0.2) is 0 Å². The fourth-order valence-electron chi connectivity index (χ4n) is 2.83. The van der Waals surface area contributed by atoms with Crippen molar-refractivity contribution in [1.82, 2.24) is 20.4 Å². The highest BCUT2D eigenvalue weighted by Gasteiger charge is 2.08. The summed E-state index contributed by atoms with van der Waals surface area (Å²) < 4.78 is 1.82. The predicted octanol–water partition coefficient (Wildman–Crippen LogP) is 1.90. The van der Waals surface area contributed by atoms with Crippen molar-refractivity contribution >= 4 is 22.6 Å². The molecule has 2 amide bonds. The summed E-state index contributed by atoms with van der Waals surface area (Å²) in [6.45, 7) is 1.30. The summed E-state index contributed by atoms with van der Waals surface area (Å²) in [4.78, 5) is 24.0. The third kappa shape index (κ3) is 4.92. The van der Waals surface area contributed by atoms with Crippen LogP contribution in [0.25, 0.3) is 10.8 Å². The van der Waals surface area contributed by atoms with Gasteiger partial charge in [0.25, 0.3) is 0 Å². The molecule has 134 valence electrons. The zero-order valence-electron chi connectivity index (χ0n) is 14.5. The number of rotatable bonds is 8. The van der Waals surface area contributed by atoms with Gasteiger partial charge in [0, 0.05) is 25.5 Å². The first kappa shape index (κ1) is 17.7. The van der Waals surface area contributed by atoms with Crippen LogP contribution in [0.4, 0.5) is 0 Å². The number of nitrogens with one attached hydrogen (secondary N) is 2. The molecule has 6 nitrogen and oxygen atoms in total. The number of hydrogen-bond acceptors (Lipinski definition) is 3. The van der Waals surface area contributed by atoms with Gasteiger partial charge in [-0.05, 0) is 28.8 Å². The van der Waals surface area contributed by atoms with Crippen molar-refractivity contribution in [3.05, 3.63) is 66.5 Å².